The molecule has 1 aromatic carbocycles. The molecule has 1 aromatic rings. The summed E-state index contributed by atoms with van der Waals surface area (Å²) in [5.41, 5.74) is 0.120. The number of ether oxygens (including phenoxy) is 1. The molecule has 0 bridgehead atoms. The fourth-order valence-corrected chi connectivity index (χ4v) is 1.84. The highest BCUT2D eigenvalue weighted by molar-refractivity contribution is 9.10. The average molecular weight is 342 g/mol. The lowest BCUT2D eigenvalue weighted by atomic mass is 9.99. The number of nitrogens with one attached hydrogen (secondary N) is 1. The van der Waals surface area contributed by atoms with Crippen LogP contribution in [0.1, 0.15) is 26.3 Å². The molecule has 4 nitrogen and oxygen atoms in total. The Morgan fingerprint density at radius 2 is 2.15 bits per heavy atom. The van der Waals surface area contributed by atoms with Gasteiger partial charge in [-0.15, -0.1) is 0 Å². The number of aliphatic hydroxyl groups excluding tert-OH is 1. The van der Waals surface area contributed by atoms with Gasteiger partial charge in [-0.2, -0.15) is 0 Å². The van der Waals surface area contributed by atoms with Crippen molar-refractivity contribution < 1.29 is 14.6 Å². The van der Waals surface area contributed by atoms with Gasteiger partial charge < -0.3 is 15.2 Å². The smallest absolute Gasteiger partial charge is 0.244 e. The Morgan fingerprint density at radius 3 is 2.70 bits per heavy atom. The van der Waals surface area contributed by atoms with Crippen molar-refractivity contribution in [1.82, 2.24) is 5.32 Å². The third kappa shape index (κ3) is 4.65. The van der Waals surface area contributed by atoms with E-state index in [2.05, 4.69) is 21.2 Å². The topological polar surface area (TPSA) is 58.6 Å². The van der Waals surface area contributed by atoms with Crippen molar-refractivity contribution in [2.45, 2.75) is 32.4 Å². The number of aliphatic hydroxyl groups is 1. The minimum atomic E-state index is -0.678. The summed E-state index contributed by atoms with van der Waals surface area (Å²) in [5.74, 6) is 0.421. The second-order valence-corrected chi connectivity index (χ2v) is 6.02. The monoisotopic (exact) mass is 341 g/mol. The van der Waals surface area contributed by atoms with Gasteiger partial charge in [-0.25, -0.2) is 0 Å². The molecule has 0 aliphatic carbocycles. The van der Waals surface area contributed by atoms with Gasteiger partial charge in [0.1, 0.15) is 5.75 Å². The van der Waals surface area contributed by atoms with E-state index in [4.69, 9.17) is 4.74 Å². The van der Waals surface area contributed by atoms with Crippen LogP contribution in [0, 0.1) is 0 Å². The maximum absolute atomic E-state index is 11.9. The molecule has 110 valence electrons. The van der Waals surface area contributed by atoms with Crippen LogP contribution >= 0.6 is 15.9 Å². The van der Waals surface area contributed by atoms with Gasteiger partial charge in [0, 0.05) is 16.1 Å². The first-order chi connectivity index (χ1) is 9.26. The number of methoxy groups -OCH3 is 1. The van der Waals surface area contributed by atoms with Gasteiger partial charge in [-0.3, -0.25) is 4.79 Å². The number of hydrogen-bond acceptors (Lipinski definition) is 3. The molecule has 0 radical (unpaired) electrons. The number of hydrogen-bond donors (Lipinski definition) is 2. The molecule has 0 fully saturated rings. The normalized spacial score (nSPS) is 13.3. The summed E-state index contributed by atoms with van der Waals surface area (Å²) < 4.78 is 6.13. The molecule has 20 heavy (non-hydrogen) atoms. The van der Waals surface area contributed by atoms with Gasteiger partial charge in [-0.1, -0.05) is 15.9 Å². The Bertz CT molecular complexity index is 510. The Labute approximate surface area is 128 Å². The van der Waals surface area contributed by atoms with E-state index >= 15 is 0 Å². The maximum atomic E-state index is 11.9. The zero-order chi connectivity index (χ0) is 15.3. The number of halogens is 1. The summed E-state index contributed by atoms with van der Waals surface area (Å²) in [4.78, 5) is 11.9. The van der Waals surface area contributed by atoms with Crippen LogP contribution in [0.15, 0.2) is 28.7 Å². The Kier molecular flexibility index (Phi) is 5.77. The quantitative estimate of drug-likeness (QED) is 0.809. The molecule has 5 heteroatoms. The summed E-state index contributed by atoms with van der Waals surface area (Å²) in [7, 11) is 1.58. The second kappa shape index (κ2) is 6.90. The molecule has 1 atom stereocenters. The number of carbonyl (C=O) groups is 1. The van der Waals surface area contributed by atoms with Crippen molar-refractivity contribution in [1.29, 1.82) is 0 Å². The van der Waals surface area contributed by atoms with E-state index in [0.717, 1.165) is 10.0 Å². The molecule has 0 aromatic heterocycles. The van der Waals surface area contributed by atoms with E-state index in [0.29, 0.717) is 5.75 Å². The molecular formula is C15H20BrNO3. The van der Waals surface area contributed by atoms with Crippen LogP contribution in [0.25, 0.3) is 6.08 Å². The largest absolute Gasteiger partial charge is 0.496 e. The van der Waals surface area contributed by atoms with Gasteiger partial charge in [-0.05, 0) is 45.0 Å². The number of benzene rings is 1. The summed E-state index contributed by atoms with van der Waals surface area (Å²) >= 11 is 3.38. The van der Waals surface area contributed by atoms with Crippen LogP contribution in [0.5, 0.6) is 5.75 Å². The zero-order valence-corrected chi connectivity index (χ0v) is 13.7. The number of amides is 1. The van der Waals surface area contributed by atoms with E-state index in [9.17, 15) is 9.90 Å². The molecule has 0 saturated heterocycles. The van der Waals surface area contributed by atoms with E-state index in [1.165, 1.54) is 6.08 Å². The Balaban J connectivity index is 2.83. The average Bonchev–Trinajstić information content (AvgIpc) is 2.35. The molecule has 1 amide bonds. The lowest BCUT2D eigenvalue weighted by molar-refractivity contribution is -0.119. The summed E-state index contributed by atoms with van der Waals surface area (Å²) in [6, 6.07) is 5.55. The zero-order valence-electron chi connectivity index (χ0n) is 12.1. The van der Waals surface area contributed by atoms with Crippen molar-refractivity contribution in [3.8, 4) is 5.75 Å². The molecule has 0 saturated carbocycles. The molecule has 0 aliphatic rings. The van der Waals surface area contributed by atoms with Crippen LogP contribution < -0.4 is 10.1 Å². The van der Waals surface area contributed by atoms with Crippen molar-refractivity contribution in [2.75, 3.05) is 7.11 Å². The van der Waals surface area contributed by atoms with Crippen LogP contribution in [0.3, 0.4) is 0 Å². The standard InChI is InChI=1S/C15H20BrNO3/c1-10(18)15(2,3)17-14(19)8-5-11-9-12(16)6-7-13(11)20-4/h5-10,18H,1-4H3,(H,17,19)/b8-5+. The summed E-state index contributed by atoms with van der Waals surface area (Å²) in [6.07, 6.45) is 2.46. The minimum absolute atomic E-state index is 0.266. The molecule has 0 aliphatic heterocycles. The van der Waals surface area contributed by atoms with Crippen molar-refractivity contribution in [3.05, 3.63) is 34.3 Å². The molecule has 2 N–H and O–H groups in total. The molecule has 0 heterocycles. The Morgan fingerprint density at radius 1 is 1.50 bits per heavy atom. The van der Waals surface area contributed by atoms with E-state index in [1.54, 1.807) is 34.0 Å². The predicted octanol–water partition coefficient (Wildman–Crippen LogP) is 2.75. The van der Waals surface area contributed by atoms with Crippen LogP contribution in [-0.4, -0.2) is 29.8 Å². The lowest BCUT2D eigenvalue weighted by Crippen LogP contribution is -2.50. The first kappa shape index (κ1) is 16.7. The molecule has 1 rings (SSSR count). The fourth-order valence-electron chi connectivity index (χ4n) is 1.46. The van der Waals surface area contributed by atoms with Crippen molar-refractivity contribution in [3.63, 3.8) is 0 Å². The highest BCUT2D eigenvalue weighted by Crippen LogP contribution is 2.24. The van der Waals surface area contributed by atoms with Gasteiger partial charge in [0.05, 0.1) is 18.8 Å². The van der Waals surface area contributed by atoms with Crippen molar-refractivity contribution in [2.24, 2.45) is 0 Å². The first-order valence-corrected chi connectivity index (χ1v) is 7.07. The van der Waals surface area contributed by atoms with Crippen LogP contribution in [0.4, 0.5) is 0 Å². The van der Waals surface area contributed by atoms with Gasteiger partial charge >= 0.3 is 0 Å². The highest BCUT2D eigenvalue weighted by atomic mass is 79.9. The van der Waals surface area contributed by atoms with Gasteiger partial charge in [0.15, 0.2) is 0 Å². The van der Waals surface area contributed by atoms with E-state index in [-0.39, 0.29) is 5.91 Å². The van der Waals surface area contributed by atoms with E-state index < -0.39 is 11.6 Å². The molecule has 0 spiro atoms. The summed E-state index contributed by atoms with van der Waals surface area (Å²) in [6.45, 7) is 5.17. The molecule has 1 unspecified atom stereocenters. The predicted molar refractivity (Wildman–Crippen MR) is 83.6 cm³/mol. The van der Waals surface area contributed by atoms with Gasteiger partial charge in [0.2, 0.25) is 5.91 Å². The highest BCUT2D eigenvalue weighted by Gasteiger charge is 2.24. The number of carbonyl (C=O) groups excluding carboxylic acids is 1. The Hall–Kier alpha value is -1.33. The summed E-state index contributed by atoms with van der Waals surface area (Å²) in [5, 5.41) is 12.3. The second-order valence-electron chi connectivity index (χ2n) is 5.11. The third-order valence-corrected chi connectivity index (χ3v) is 3.59. The number of rotatable bonds is 5. The molecular weight excluding hydrogens is 322 g/mol. The van der Waals surface area contributed by atoms with E-state index in [1.807, 2.05) is 18.2 Å². The van der Waals surface area contributed by atoms with Crippen molar-refractivity contribution >= 4 is 27.9 Å². The first-order valence-electron chi connectivity index (χ1n) is 6.28. The fraction of sp³-hybridized carbons (Fsp3) is 0.400. The lowest BCUT2D eigenvalue weighted by Gasteiger charge is -2.28. The van der Waals surface area contributed by atoms with Crippen LogP contribution in [-0.2, 0) is 4.79 Å². The minimum Gasteiger partial charge on any atom is -0.496 e. The van der Waals surface area contributed by atoms with Gasteiger partial charge in [0.25, 0.3) is 0 Å². The third-order valence-electron chi connectivity index (χ3n) is 3.10. The SMILES string of the molecule is COc1ccc(Br)cc1/C=C/C(=O)NC(C)(C)C(C)O. The maximum Gasteiger partial charge on any atom is 0.244 e. The van der Waals surface area contributed by atoms with Crippen LogP contribution in [0.2, 0.25) is 0 Å².